The molecule has 1 heterocycles. The van der Waals surface area contributed by atoms with Crippen LogP contribution in [0, 0.1) is 0 Å². The van der Waals surface area contributed by atoms with Crippen LogP contribution in [0.5, 0.6) is 11.5 Å². The lowest BCUT2D eigenvalue weighted by atomic mass is 9.88. The van der Waals surface area contributed by atoms with Gasteiger partial charge in [0.25, 0.3) is 0 Å². The minimum absolute atomic E-state index is 0.102. The third kappa shape index (κ3) is 4.14. The normalized spacial score (nSPS) is 11.7. The van der Waals surface area contributed by atoms with Crippen LogP contribution in [0.15, 0.2) is 72.9 Å². The molecule has 126 valence electrons. The van der Waals surface area contributed by atoms with Crippen molar-refractivity contribution in [2.45, 2.75) is 5.92 Å². The first-order valence-corrected chi connectivity index (χ1v) is 7.78. The summed E-state index contributed by atoms with van der Waals surface area (Å²) in [6.45, 7) is -0.374. The van der Waals surface area contributed by atoms with Gasteiger partial charge in [0, 0.05) is 6.20 Å². The van der Waals surface area contributed by atoms with Gasteiger partial charge in [-0.05, 0) is 47.5 Å². The van der Waals surface area contributed by atoms with Crippen molar-refractivity contribution in [2.24, 2.45) is 0 Å². The van der Waals surface area contributed by atoms with Crippen LogP contribution in [-0.4, -0.2) is 27.8 Å². The number of benzene rings is 2. The van der Waals surface area contributed by atoms with Gasteiger partial charge in [-0.2, -0.15) is 0 Å². The number of hydrogen-bond donors (Lipinski definition) is 2. The van der Waals surface area contributed by atoms with Crippen molar-refractivity contribution in [3.63, 3.8) is 0 Å². The van der Waals surface area contributed by atoms with Gasteiger partial charge in [0.2, 0.25) is 0 Å². The van der Waals surface area contributed by atoms with E-state index >= 15 is 0 Å². The molecule has 0 aliphatic rings. The minimum Gasteiger partial charge on any atom is -0.508 e. The molecule has 1 aromatic heterocycles. The summed E-state index contributed by atoms with van der Waals surface area (Å²) >= 11 is 0. The van der Waals surface area contributed by atoms with Gasteiger partial charge in [-0.25, -0.2) is 4.79 Å². The Kier molecular flexibility index (Phi) is 4.95. The predicted molar refractivity (Wildman–Crippen MR) is 92.9 cm³/mol. The average Bonchev–Trinajstić information content (AvgIpc) is 2.64. The van der Waals surface area contributed by atoms with Crippen molar-refractivity contribution in [3.05, 3.63) is 89.7 Å². The minimum atomic E-state index is -1.01. The highest BCUT2D eigenvalue weighted by Gasteiger charge is 2.18. The molecule has 0 saturated heterocycles. The van der Waals surface area contributed by atoms with Crippen molar-refractivity contribution < 1.29 is 19.7 Å². The van der Waals surface area contributed by atoms with E-state index in [2.05, 4.69) is 4.98 Å². The maximum atomic E-state index is 10.6. The molecule has 0 saturated carbocycles. The van der Waals surface area contributed by atoms with Crippen molar-refractivity contribution in [1.29, 1.82) is 0 Å². The maximum Gasteiger partial charge on any atom is 0.341 e. The number of rotatable bonds is 6. The number of carbonyl (C=O) groups is 1. The summed E-state index contributed by atoms with van der Waals surface area (Å²) in [5.74, 6) is -0.410. The summed E-state index contributed by atoms with van der Waals surface area (Å²) in [7, 11) is 0. The van der Waals surface area contributed by atoms with Gasteiger partial charge in [0.1, 0.15) is 11.5 Å². The summed E-state index contributed by atoms with van der Waals surface area (Å²) < 4.78 is 5.18. The molecule has 1 atom stereocenters. The lowest BCUT2D eigenvalue weighted by molar-refractivity contribution is -0.139. The number of carboxylic acid groups (broad SMARTS) is 1. The zero-order valence-corrected chi connectivity index (χ0v) is 13.4. The van der Waals surface area contributed by atoms with E-state index in [1.165, 1.54) is 0 Å². The molecule has 0 spiro atoms. The first kappa shape index (κ1) is 16.5. The Labute approximate surface area is 145 Å². The summed E-state index contributed by atoms with van der Waals surface area (Å²) in [6.07, 6.45) is 1.74. The fourth-order valence-electron chi connectivity index (χ4n) is 2.65. The standard InChI is InChI=1S/C20H17NO4/c22-16-8-4-14(5-9-16)20(18-3-1-2-12-21-18)15-6-10-17(11-7-15)25-13-19(23)24/h1-12,20,22H,13H2,(H,23,24). The van der Waals surface area contributed by atoms with Crippen LogP contribution in [0.25, 0.3) is 0 Å². The number of carboxylic acids is 1. The molecule has 5 heteroatoms. The van der Waals surface area contributed by atoms with Crippen molar-refractivity contribution >= 4 is 5.97 Å². The Bertz CT molecular complexity index is 830. The number of aromatic nitrogens is 1. The first-order valence-electron chi connectivity index (χ1n) is 7.78. The van der Waals surface area contributed by atoms with Crippen LogP contribution in [0.2, 0.25) is 0 Å². The van der Waals surface area contributed by atoms with E-state index in [9.17, 15) is 9.90 Å². The largest absolute Gasteiger partial charge is 0.508 e. The van der Waals surface area contributed by atoms with E-state index in [0.29, 0.717) is 5.75 Å². The van der Waals surface area contributed by atoms with Gasteiger partial charge in [-0.3, -0.25) is 4.98 Å². The van der Waals surface area contributed by atoms with E-state index < -0.39 is 5.97 Å². The van der Waals surface area contributed by atoms with Crippen LogP contribution < -0.4 is 4.74 Å². The molecule has 0 radical (unpaired) electrons. The van der Waals surface area contributed by atoms with Crippen LogP contribution in [-0.2, 0) is 4.79 Å². The molecule has 3 aromatic rings. The van der Waals surface area contributed by atoms with Gasteiger partial charge < -0.3 is 14.9 Å². The Morgan fingerprint density at radius 2 is 1.60 bits per heavy atom. The van der Waals surface area contributed by atoms with Crippen molar-refractivity contribution in [1.82, 2.24) is 4.98 Å². The molecule has 2 N–H and O–H groups in total. The fraction of sp³-hybridized carbons (Fsp3) is 0.100. The Morgan fingerprint density at radius 1 is 0.960 bits per heavy atom. The zero-order valence-electron chi connectivity index (χ0n) is 13.4. The highest BCUT2D eigenvalue weighted by atomic mass is 16.5. The molecule has 0 aliphatic heterocycles. The summed E-state index contributed by atoms with van der Waals surface area (Å²) in [5.41, 5.74) is 2.87. The second-order valence-corrected chi connectivity index (χ2v) is 5.53. The van der Waals surface area contributed by atoms with Crippen LogP contribution >= 0.6 is 0 Å². The van der Waals surface area contributed by atoms with Gasteiger partial charge in [-0.1, -0.05) is 30.3 Å². The summed E-state index contributed by atoms with van der Waals surface area (Å²) in [5, 5.41) is 18.2. The number of aromatic hydroxyl groups is 1. The van der Waals surface area contributed by atoms with E-state index in [1.54, 1.807) is 30.5 Å². The van der Waals surface area contributed by atoms with E-state index in [-0.39, 0.29) is 18.3 Å². The quantitative estimate of drug-likeness (QED) is 0.721. The lowest BCUT2D eigenvalue weighted by Gasteiger charge is -2.18. The van der Waals surface area contributed by atoms with E-state index in [0.717, 1.165) is 16.8 Å². The summed E-state index contributed by atoms with van der Waals surface area (Å²) in [4.78, 5) is 15.1. The van der Waals surface area contributed by atoms with E-state index in [4.69, 9.17) is 9.84 Å². The van der Waals surface area contributed by atoms with Crippen LogP contribution in [0.3, 0.4) is 0 Å². The molecular formula is C20H17NO4. The molecule has 0 bridgehead atoms. The Balaban J connectivity index is 1.94. The summed E-state index contributed by atoms with van der Waals surface area (Å²) in [6, 6.07) is 20.0. The highest BCUT2D eigenvalue weighted by Crippen LogP contribution is 2.32. The molecule has 0 aliphatic carbocycles. The van der Waals surface area contributed by atoms with Crippen LogP contribution in [0.1, 0.15) is 22.7 Å². The SMILES string of the molecule is O=C(O)COc1ccc(C(c2ccc(O)cc2)c2ccccn2)cc1. The first-order chi connectivity index (χ1) is 12.1. The molecule has 0 amide bonds. The third-order valence-electron chi connectivity index (χ3n) is 3.79. The topological polar surface area (TPSA) is 79.7 Å². The Hall–Kier alpha value is -3.34. The number of pyridine rings is 1. The molecule has 0 fully saturated rings. The van der Waals surface area contributed by atoms with Crippen molar-refractivity contribution in [3.8, 4) is 11.5 Å². The van der Waals surface area contributed by atoms with Gasteiger partial charge in [-0.15, -0.1) is 0 Å². The number of nitrogens with zero attached hydrogens (tertiary/aromatic N) is 1. The number of hydrogen-bond acceptors (Lipinski definition) is 4. The fourth-order valence-corrected chi connectivity index (χ4v) is 2.65. The van der Waals surface area contributed by atoms with Crippen LogP contribution in [0.4, 0.5) is 0 Å². The number of ether oxygens (including phenoxy) is 1. The van der Waals surface area contributed by atoms with Gasteiger partial charge in [0.05, 0.1) is 11.6 Å². The third-order valence-corrected chi connectivity index (χ3v) is 3.79. The van der Waals surface area contributed by atoms with Gasteiger partial charge in [0.15, 0.2) is 6.61 Å². The molecular weight excluding hydrogens is 318 g/mol. The monoisotopic (exact) mass is 335 g/mol. The van der Waals surface area contributed by atoms with Crippen molar-refractivity contribution in [2.75, 3.05) is 6.61 Å². The molecule has 1 unspecified atom stereocenters. The molecule has 2 aromatic carbocycles. The predicted octanol–water partition coefficient (Wildman–Crippen LogP) is 3.43. The number of aliphatic carboxylic acids is 1. The number of phenols is 1. The molecule has 3 rings (SSSR count). The molecule has 5 nitrogen and oxygen atoms in total. The maximum absolute atomic E-state index is 10.6. The second kappa shape index (κ2) is 7.49. The zero-order chi connectivity index (χ0) is 17.6. The number of phenolic OH excluding ortho intramolecular Hbond substituents is 1. The average molecular weight is 335 g/mol. The van der Waals surface area contributed by atoms with E-state index in [1.807, 2.05) is 42.5 Å². The lowest BCUT2D eigenvalue weighted by Crippen LogP contribution is -2.09. The molecule has 25 heavy (non-hydrogen) atoms. The Morgan fingerprint density at radius 3 is 2.16 bits per heavy atom. The second-order valence-electron chi connectivity index (χ2n) is 5.53. The highest BCUT2D eigenvalue weighted by molar-refractivity contribution is 5.68. The smallest absolute Gasteiger partial charge is 0.341 e. The van der Waals surface area contributed by atoms with Gasteiger partial charge >= 0.3 is 5.97 Å².